The van der Waals surface area contributed by atoms with Gasteiger partial charge in [-0.25, -0.2) is 4.79 Å². The van der Waals surface area contributed by atoms with E-state index in [2.05, 4.69) is 29.4 Å². The molecule has 25 heavy (non-hydrogen) atoms. The van der Waals surface area contributed by atoms with Crippen LogP contribution in [0.4, 0.5) is 4.79 Å². The van der Waals surface area contributed by atoms with E-state index in [1.54, 1.807) is 0 Å². The summed E-state index contributed by atoms with van der Waals surface area (Å²) >= 11 is 0. The first kappa shape index (κ1) is 17.3. The Bertz CT molecular complexity index is 841. The summed E-state index contributed by atoms with van der Waals surface area (Å²) < 4.78 is 0. The lowest BCUT2D eigenvalue weighted by atomic mass is 9.99. The minimum absolute atomic E-state index is 0.106. The number of carbonyl (C=O) groups excluding carboxylic acids is 1. The van der Waals surface area contributed by atoms with E-state index in [1.807, 2.05) is 36.9 Å². The van der Waals surface area contributed by atoms with Crippen molar-refractivity contribution in [3.8, 4) is 0 Å². The van der Waals surface area contributed by atoms with Gasteiger partial charge in [0.25, 0.3) is 5.56 Å². The molecule has 1 fully saturated rings. The molecule has 1 unspecified atom stereocenters. The summed E-state index contributed by atoms with van der Waals surface area (Å²) in [7, 11) is 0. The maximum absolute atomic E-state index is 12.7. The molecule has 1 aliphatic rings. The summed E-state index contributed by atoms with van der Waals surface area (Å²) in [4.78, 5) is 29.5. The number of hydrogen-bond donors (Lipinski definition) is 2. The fourth-order valence-corrected chi connectivity index (χ4v) is 3.66. The van der Waals surface area contributed by atoms with Crippen LogP contribution in [0.3, 0.4) is 0 Å². The Kier molecular flexibility index (Phi) is 4.93. The fourth-order valence-electron chi connectivity index (χ4n) is 3.66. The van der Waals surface area contributed by atoms with Gasteiger partial charge in [-0.1, -0.05) is 24.3 Å². The number of rotatable bonds is 3. The third kappa shape index (κ3) is 3.60. The summed E-state index contributed by atoms with van der Waals surface area (Å²) in [6, 6.07) is 10.1. The van der Waals surface area contributed by atoms with E-state index in [4.69, 9.17) is 0 Å². The van der Waals surface area contributed by atoms with E-state index in [-0.39, 0.29) is 24.2 Å². The Labute approximate surface area is 148 Å². The second kappa shape index (κ2) is 7.13. The molecule has 0 saturated carbocycles. The van der Waals surface area contributed by atoms with Crippen LogP contribution in [0.5, 0.6) is 0 Å². The molecular weight excluding hydrogens is 314 g/mol. The van der Waals surface area contributed by atoms with E-state index >= 15 is 0 Å². The second-order valence-corrected chi connectivity index (χ2v) is 6.81. The lowest BCUT2D eigenvalue weighted by molar-refractivity contribution is 0.192. The lowest BCUT2D eigenvalue weighted by Crippen LogP contribution is -2.40. The molecule has 1 aliphatic heterocycles. The predicted octanol–water partition coefficient (Wildman–Crippen LogP) is 3.35. The number of nitrogens with zero attached hydrogens (tertiary/aromatic N) is 1. The van der Waals surface area contributed by atoms with Crippen LogP contribution >= 0.6 is 0 Å². The summed E-state index contributed by atoms with van der Waals surface area (Å²) in [6.07, 6.45) is 1.97. The van der Waals surface area contributed by atoms with Crippen LogP contribution in [0.15, 0.2) is 35.1 Å². The van der Waals surface area contributed by atoms with Crippen LogP contribution < -0.4 is 10.9 Å². The zero-order chi connectivity index (χ0) is 18.0. The quantitative estimate of drug-likeness (QED) is 0.901. The van der Waals surface area contributed by atoms with Crippen LogP contribution in [0.1, 0.15) is 46.8 Å². The highest BCUT2D eigenvalue weighted by molar-refractivity contribution is 5.75. The molecule has 5 heteroatoms. The zero-order valence-electron chi connectivity index (χ0n) is 15.1. The first-order valence-corrected chi connectivity index (χ1v) is 8.77. The van der Waals surface area contributed by atoms with Gasteiger partial charge in [0, 0.05) is 17.8 Å². The van der Waals surface area contributed by atoms with Crippen molar-refractivity contribution in [2.24, 2.45) is 0 Å². The Hall–Kier alpha value is -2.56. The Morgan fingerprint density at radius 1 is 1.24 bits per heavy atom. The number of aryl methyl sites for hydroxylation is 3. The third-order valence-electron chi connectivity index (χ3n) is 4.97. The number of urea groups is 1. The van der Waals surface area contributed by atoms with E-state index in [1.165, 1.54) is 11.1 Å². The highest BCUT2D eigenvalue weighted by Crippen LogP contribution is 2.33. The molecule has 0 bridgehead atoms. The molecule has 1 aromatic heterocycles. The van der Waals surface area contributed by atoms with Crippen molar-refractivity contribution < 1.29 is 4.79 Å². The molecule has 1 aromatic carbocycles. The Morgan fingerprint density at radius 3 is 2.72 bits per heavy atom. The summed E-state index contributed by atoms with van der Waals surface area (Å²) in [6.45, 7) is 6.83. The molecule has 1 saturated heterocycles. The number of carbonyl (C=O) groups is 1. The van der Waals surface area contributed by atoms with Crippen LogP contribution in [-0.4, -0.2) is 22.5 Å². The third-order valence-corrected chi connectivity index (χ3v) is 4.97. The molecule has 2 aromatic rings. The molecule has 0 aliphatic carbocycles. The van der Waals surface area contributed by atoms with E-state index in [9.17, 15) is 9.59 Å². The van der Waals surface area contributed by atoms with Crippen LogP contribution in [-0.2, 0) is 6.54 Å². The van der Waals surface area contributed by atoms with E-state index in [0.717, 1.165) is 30.6 Å². The number of benzene rings is 1. The minimum atomic E-state index is -0.130. The van der Waals surface area contributed by atoms with Gasteiger partial charge in [0.15, 0.2) is 0 Å². The molecular formula is C20H25N3O2. The number of hydrogen-bond acceptors (Lipinski definition) is 2. The molecule has 2 amide bonds. The number of likely N-dealkylation sites (tertiary alicyclic amines) is 1. The first-order chi connectivity index (χ1) is 12.0. The summed E-state index contributed by atoms with van der Waals surface area (Å²) in [5.74, 6) is 0. The minimum Gasteiger partial charge on any atom is -0.334 e. The highest BCUT2D eigenvalue weighted by Gasteiger charge is 2.30. The standard InChI is InChI=1S/C20H25N3O2/c1-13-7-4-5-8-16(13)18-9-6-10-23(18)20(25)21-12-17-14(2)11-15(3)22-19(17)24/h4-5,7-8,11,18H,6,9-10,12H2,1-3H3,(H,21,25)(H,22,24). The summed E-state index contributed by atoms with van der Waals surface area (Å²) in [5.41, 5.74) is 4.63. The number of nitrogens with one attached hydrogen (secondary N) is 2. The zero-order valence-corrected chi connectivity index (χ0v) is 15.1. The number of pyridine rings is 1. The van der Waals surface area contributed by atoms with Crippen LogP contribution in [0.2, 0.25) is 0 Å². The van der Waals surface area contributed by atoms with Crippen molar-refractivity contribution in [1.29, 1.82) is 0 Å². The number of aromatic nitrogens is 1. The lowest BCUT2D eigenvalue weighted by Gasteiger charge is -2.26. The molecule has 0 radical (unpaired) electrons. The van der Waals surface area contributed by atoms with Crippen molar-refractivity contribution in [3.63, 3.8) is 0 Å². The maximum atomic E-state index is 12.7. The summed E-state index contributed by atoms with van der Waals surface area (Å²) in [5, 5.41) is 2.93. The molecule has 3 rings (SSSR count). The van der Waals surface area contributed by atoms with Crippen molar-refractivity contribution >= 4 is 6.03 Å². The normalized spacial score (nSPS) is 16.9. The Balaban J connectivity index is 1.73. The number of amides is 2. The molecule has 1 atom stereocenters. The second-order valence-electron chi connectivity index (χ2n) is 6.81. The van der Waals surface area contributed by atoms with Gasteiger partial charge < -0.3 is 15.2 Å². The van der Waals surface area contributed by atoms with Gasteiger partial charge in [-0.05, 0) is 56.4 Å². The van der Waals surface area contributed by atoms with Crippen molar-refractivity contribution in [2.75, 3.05) is 6.54 Å². The van der Waals surface area contributed by atoms with Gasteiger partial charge in [-0.2, -0.15) is 0 Å². The predicted molar refractivity (Wildman–Crippen MR) is 98.6 cm³/mol. The SMILES string of the molecule is Cc1cc(C)c(CNC(=O)N2CCCC2c2ccccc2C)c(=O)[nH]1. The van der Waals surface area contributed by atoms with Crippen LogP contribution in [0.25, 0.3) is 0 Å². The van der Waals surface area contributed by atoms with Gasteiger partial charge in [0.1, 0.15) is 0 Å². The fraction of sp³-hybridized carbons (Fsp3) is 0.400. The highest BCUT2D eigenvalue weighted by atomic mass is 16.2. The monoisotopic (exact) mass is 339 g/mol. The van der Waals surface area contributed by atoms with Crippen LogP contribution in [0, 0.1) is 20.8 Å². The van der Waals surface area contributed by atoms with Gasteiger partial charge >= 0.3 is 6.03 Å². The average Bonchev–Trinajstić information content (AvgIpc) is 3.03. The van der Waals surface area contributed by atoms with Gasteiger partial charge in [-0.3, -0.25) is 4.79 Å². The maximum Gasteiger partial charge on any atom is 0.318 e. The average molecular weight is 339 g/mol. The van der Waals surface area contributed by atoms with Crippen molar-refractivity contribution in [2.45, 2.75) is 46.2 Å². The molecule has 5 nitrogen and oxygen atoms in total. The molecule has 2 N–H and O–H groups in total. The van der Waals surface area contributed by atoms with E-state index in [0.29, 0.717) is 5.56 Å². The molecule has 0 spiro atoms. The topological polar surface area (TPSA) is 65.2 Å². The van der Waals surface area contributed by atoms with Crippen molar-refractivity contribution in [3.05, 3.63) is 68.6 Å². The smallest absolute Gasteiger partial charge is 0.318 e. The molecule has 132 valence electrons. The Morgan fingerprint density at radius 2 is 2.00 bits per heavy atom. The number of aromatic amines is 1. The van der Waals surface area contributed by atoms with Gasteiger partial charge in [0.05, 0.1) is 12.6 Å². The number of H-pyrrole nitrogens is 1. The molecule has 2 heterocycles. The van der Waals surface area contributed by atoms with Gasteiger partial charge in [-0.15, -0.1) is 0 Å². The van der Waals surface area contributed by atoms with Crippen molar-refractivity contribution in [1.82, 2.24) is 15.2 Å². The van der Waals surface area contributed by atoms with E-state index < -0.39 is 0 Å². The first-order valence-electron chi connectivity index (χ1n) is 8.77. The largest absolute Gasteiger partial charge is 0.334 e. The van der Waals surface area contributed by atoms with Gasteiger partial charge in [0.2, 0.25) is 0 Å².